The molecule has 3 aromatic heterocycles. The van der Waals surface area contributed by atoms with Crippen molar-refractivity contribution in [3.8, 4) is 68.3 Å². The second-order valence-corrected chi connectivity index (χ2v) is 21.3. The molecule has 0 saturated carbocycles. The van der Waals surface area contributed by atoms with E-state index in [1.165, 1.54) is 10.8 Å². The van der Waals surface area contributed by atoms with Gasteiger partial charge in [-0.05, 0) is 74.0 Å². The molecule has 0 N–H and O–H groups in total. The van der Waals surface area contributed by atoms with Crippen LogP contribution in [0.1, 0.15) is 117 Å². The summed E-state index contributed by atoms with van der Waals surface area (Å²) in [4.78, 5) is 0. The normalized spacial score (nSPS) is 11.7. The molecule has 0 amide bonds. The van der Waals surface area contributed by atoms with E-state index >= 15 is 0 Å². The number of rotatable bonds is 15. The Balaban J connectivity index is 0.000000300. The predicted octanol–water partition coefficient (Wildman–Crippen LogP) is 16.2. The molecule has 3 aliphatic rings. The third kappa shape index (κ3) is 26.8. The summed E-state index contributed by atoms with van der Waals surface area (Å²) >= 11 is 25.0. The van der Waals surface area contributed by atoms with E-state index in [2.05, 4.69) is 167 Å². The van der Waals surface area contributed by atoms with Crippen molar-refractivity contribution in [3.05, 3.63) is 201 Å². The van der Waals surface area contributed by atoms with Gasteiger partial charge in [-0.25, -0.2) is 0 Å². The summed E-state index contributed by atoms with van der Waals surface area (Å²) in [6.07, 6.45) is 12.3. The number of halogens is 6. The van der Waals surface area contributed by atoms with E-state index in [9.17, 15) is 0 Å². The quantitative estimate of drug-likeness (QED) is 0.0419. The molecule has 0 aliphatic carbocycles. The minimum atomic E-state index is -2.26. The molecule has 12 rings (SSSR count). The number of alkyl halides is 1. The molecule has 24 heteroatoms. The molecule has 6 heterocycles. The average Bonchev–Trinajstić information content (AvgIpc) is 1.82. The Labute approximate surface area is 619 Å². The maximum absolute atomic E-state index is 6.86. The first-order chi connectivity index (χ1) is 44.1. The maximum atomic E-state index is 6.86. The van der Waals surface area contributed by atoms with Crippen LogP contribution >= 0.6 is 70.2 Å². The number of aryl methyl sites for hydroxylation is 3. The van der Waals surface area contributed by atoms with Gasteiger partial charge in [0.1, 0.15) is 56.1 Å². The summed E-state index contributed by atoms with van der Waals surface area (Å²) in [6.45, 7) is 19.0. The molecule has 0 bridgehead atoms. The van der Waals surface area contributed by atoms with Crippen LogP contribution < -0.4 is 61.4 Å². The van der Waals surface area contributed by atoms with Gasteiger partial charge in [0.05, 0.1) is 11.2 Å². The van der Waals surface area contributed by atoms with Gasteiger partial charge in [-0.15, -0.1) is 22.9 Å². The SMILES string of the molecule is CCCCc1[c-]c(-c2ccccc2)no1.CCCCc1onc(-c2ccccc2)c1B1Oc2ccccc2O1.CCCCc1onc(-c2ccccc2)c1[B-]1(Cl)Oc2ccccc2O1.CCC[IH+].ClB1Oc2ccccc2O1.[CH2-]CC.[CH2-]CC.[Cl][Au].[I][Au].[I][Au]. The van der Waals surface area contributed by atoms with Gasteiger partial charge in [-0.1, -0.05) is 204 Å². The third-order valence-corrected chi connectivity index (χ3v) is 14.1. The predicted molar refractivity (Wildman–Crippen MR) is 374 cm³/mol. The van der Waals surface area contributed by atoms with Crippen LogP contribution in [-0.4, -0.2) is 39.5 Å². The molecular weight excluding hydrogens is 2090 g/mol. The summed E-state index contributed by atoms with van der Waals surface area (Å²) < 4.78 is 52.0. The molecule has 0 saturated heterocycles. The van der Waals surface area contributed by atoms with Gasteiger partial charge in [0.15, 0.2) is 0 Å². The summed E-state index contributed by atoms with van der Waals surface area (Å²) in [5, 5.41) is 12.6. The van der Waals surface area contributed by atoms with Crippen LogP contribution in [-0.2, 0) is 73.8 Å². The molecule has 0 spiro atoms. The second kappa shape index (κ2) is 48.9. The Morgan fingerprint density at radius 3 is 1.28 bits per heavy atom. The van der Waals surface area contributed by atoms with E-state index < -0.39 is 19.6 Å². The van der Waals surface area contributed by atoms with Crippen molar-refractivity contribution < 1.29 is 119 Å². The van der Waals surface area contributed by atoms with Crippen LogP contribution in [0, 0.1) is 19.9 Å². The Hall–Kier alpha value is -2.77. The number of para-hydroxylation sites is 6. The summed E-state index contributed by atoms with van der Waals surface area (Å²) in [6, 6.07) is 55.6. The van der Waals surface area contributed by atoms with Gasteiger partial charge < -0.3 is 55.3 Å². The molecule has 12 nitrogen and oxygen atoms in total. The summed E-state index contributed by atoms with van der Waals surface area (Å²) in [7, 11) is 4.07. The van der Waals surface area contributed by atoms with Gasteiger partial charge in [0.25, 0.3) is 22.6 Å². The molecule has 0 radical (unpaired) electrons. The van der Waals surface area contributed by atoms with Crippen molar-refractivity contribution in [2.45, 2.75) is 119 Å². The van der Waals surface area contributed by atoms with Crippen LogP contribution in [0.15, 0.2) is 177 Å². The number of aromatic nitrogens is 3. The number of hydrogen-bond acceptors (Lipinski definition) is 12. The van der Waals surface area contributed by atoms with E-state index in [0.717, 1.165) is 133 Å². The van der Waals surface area contributed by atoms with Crippen molar-refractivity contribution in [1.82, 2.24) is 15.5 Å². The van der Waals surface area contributed by atoms with Gasteiger partial charge in [0, 0.05) is 29.7 Å². The van der Waals surface area contributed by atoms with E-state index in [4.69, 9.17) is 64.4 Å². The van der Waals surface area contributed by atoms with Crippen molar-refractivity contribution in [2.75, 3.05) is 4.43 Å². The Kier molecular flexibility index (Phi) is 44.2. The van der Waals surface area contributed by atoms with E-state index in [1.54, 1.807) is 20.0 Å². The van der Waals surface area contributed by atoms with Gasteiger partial charge in [-0.2, -0.15) is 18.9 Å². The van der Waals surface area contributed by atoms with Crippen LogP contribution in [0.3, 0.4) is 0 Å². The van der Waals surface area contributed by atoms with Gasteiger partial charge in [0.2, 0.25) is 0 Å². The second-order valence-electron chi connectivity index (χ2n) is 19.2. The third-order valence-electron chi connectivity index (χ3n) is 12.3. The first-order valence-corrected chi connectivity index (χ1v) is 46.9. The number of hydrogen-bond donors (Lipinski definition) is 0. The molecule has 0 unspecified atom stereocenters. The fourth-order valence-corrected chi connectivity index (χ4v) is 8.96. The van der Waals surface area contributed by atoms with Crippen LogP contribution in [0.4, 0.5) is 0 Å². The molecule has 0 fully saturated rings. The number of nitrogens with zero attached hydrogens (tertiary/aromatic N) is 3. The zero-order valence-corrected chi connectivity index (χ0v) is 66.6. The zero-order valence-electron chi connectivity index (χ0n) is 51.1. The molecule has 496 valence electrons. The molecule has 0 atom stereocenters. The molecule has 90 heavy (non-hydrogen) atoms. The summed E-state index contributed by atoms with van der Waals surface area (Å²) in [5.74, 6) is 4.37. The Morgan fingerprint density at radius 2 is 0.844 bits per heavy atom. The van der Waals surface area contributed by atoms with E-state index in [-0.39, 0.29) is 0 Å². The average molecular weight is 2170 g/mol. The Morgan fingerprint density at radius 1 is 0.489 bits per heavy atom. The fraction of sp³-hybridized carbons (Fsp3) is 0.288. The topological polar surface area (TPSA) is 133 Å². The number of benzene rings is 6. The van der Waals surface area contributed by atoms with Crippen LogP contribution in [0.2, 0.25) is 0 Å². The van der Waals surface area contributed by atoms with Crippen LogP contribution in [0.25, 0.3) is 33.8 Å². The van der Waals surface area contributed by atoms with Crippen molar-refractivity contribution in [2.24, 2.45) is 0 Å². The number of fused-ring (bicyclic) bond motifs is 3. The monoisotopic (exact) mass is 2160 g/mol. The zero-order chi connectivity index (χ0) is 65.9. The van der Waals surface area contributed by atoms with E-state index in [1.807, 2.05) is 178 Å². The van der Waals surface area contributed by atoms with Crippen molar-refractivity contribution in [3.63, 3.8) is 0 Å². The molecule has 9 aromatic rings. The standard InChI is InChI=1S/C19H18BClNO3.C19H18BNO3.C13H14NO.C6H4BClO2.C3H8I.2C3H7.3Au.ClH.2HI/c1-2-3-11-17-18(19(22-25-17)14-9-5-4-6-10-14)20(21)23-15-12-7-8-13-16(15)24-20;1-2-3-11-17-18(19(21-24-17)14-9-5-4-6-10-14)20-22-15-12-7-8-13-16(15)23-20;1-2-3-9-12-10-13(14-15-12)11-7-5-4-6-8-11;8-7-9-5-3-1-2-4-6(5)10-7;1-2-3-4;2*1-3-2;;;;;;/h4-10,12-13H,2-3,11H2,1H3;4-10,12-13H,2-3,11H2,1H3;4-8H,2-3,9H2,1H3;1-4H;4H,2-3H2,1H3;2*1,3H2,2H3;;;;3*1H/q-1;;-1;;+1;2*-1;3*+1;;;/p-3. The van der Waals surface area contributed by atoms with Gasteiger partial charge >= 0.3 is 121 Å². The Bertz CT molecular complexity index is 3220. The first-order valence-electron chi connectivity index (χ1n) is 29.4. The molecular formula is C66H76Au3B3Cl3I3N3O9-3. The fourth-order valence-electron chi connectivity index (χ4n) is 8.35. The van der Waals surface area contributed by atoms with Crippen molar-refractivity contribution >= 4 is 101 Å². The van der Waals surface area contributed by atoms with Gasteiger partial charge in [-0.3, -0.25) is 11.5 Å². The van der Waals surface area contributed by atoms with Crippen LogP contribution in [0.5, 0.6) is 34.5 Å². The van der Waals surface area contributed by atoms with Crippen molar-refractivity contribution in [1.29, 1.82) is 0 Å². The number of unbranched alkanes of at least 4 members (excludes halogenated alkanes) is 3. The minimum absolute atomic E-state index is 0.518. The van der Waals surface area contributed by atoms with E-state index in [0.29, 0.717) is 34.2 Å². The summed E-state index contributed by atoms with van der Waals surface area (Å²) in [5.41, 5.74) is 6.86. The first kappa shape index (κ1) is 81.5. The molecule has 6 aromatic carbocycles. The molecule has 3 aliphatic heterocycles.